The van der Waals surface area contributed by atoms with Gasteiger partial charge in [-0.2, -0.15) is 0 Å². The number of rotatable bonds is 4. The van der Waals surface area contributed by atoms with Gasteiger partial charge in [0.2, 0.25) is 5.88 Å². The average molecular weight is 373 g/mol. The topological polar surface area (TPSA) is 50.3 Å². The summed E-state index contributed by atoms with van der Waals surface area (Å²) in [7, 11) is 0. The number of hydrogen-bond acceptors (Lipinski definition) is 5. The van der Waals surface area contributed by atoms with E-state index in [9.17, 15) is 0 Å². The van der Waals surface area contributed by atoms with Gasteiger partial charge in [-0.05, 0) is 30.8 Å². The first-order valence-corrected chi connectivity index (χ1v) is 9.78. The van der Waals surface area contributed by atoms with Crippen molar-refractivity contribution in [2.45, 2.75) is 6.92 Å². The molecule has 142 valence electrons. The molecule has 0 amide bonds. The summed E-state index contributed by atoms with van der Waals surface area (Å²) >= 11 is 0. The third-order valence-corrected chi connectivity index (χ3v) is 5.46. The van der Waals surface area contributed by atoms with Gasteiger partial charge in [0.05, 0.1) is 0 Å². The predicted molar refractivity (Wildman–Crippen MR) is 110 cm³/mol. The molecule has 2 aromatic rings. The summed E-state index contributed by atoms with van der Waals surface area (Å²) in [6, 6.07) is 14.2. The zero-order valence-electron chi connectivity index (χ0n) is 16.0. The number of likely N-dealkylation sites (N-methyl/N-ethyl adjacent to an activating group) is 1. The molecule has 6 nitrogen and oxygen atoms in total. The lowest BCUT2D eigenvalue weighted by Crippen LogP contribution is -2.46. The molecule has 0 aromatic carbocycles. The predicted octanol–water partition coefficient (Wildman–Crippen LogP) is 3.77. The number of pyridine rings is 1. The number of nitrogens with zero attached hydrogens (tertiary/aromatic N) is 5. The van der Waals surface area contributed by atoms with Gasteiger partial charge in [0, 0.05) is 62.0 Å². The molecule has 5 rings (SSSR count). The molecule has 6 heteroatoms. The SMILES string of the molecule is CCN1CCN(c2ccc(-c3nccn3-c3ccc4cccc-4o3)cn2)CC1. The Morgan fingerprint density at radius 2 is 1.79 bits per heavy atom. The highest BCUT2D eigenvalue weighted by Gasteiger charge is 2.17. The second-order valence-electron chi connectivity index (χ2n) is 7.07. The molecule has 4 heterocycles. The van der Waals surface area contributed by atoms with Gasteiger partial charge in [-0.3, -0.25) is 4.57 Å². The second kappa shape index (κ2) is 7.13. The first kappa shape index (κ1) is 17.0. The van der Waals surface area contributed by atoms with Gasteiger partial charge in [0.1, 0.15) is 17.4 Å². The van der Waals surface area contributed by atoms with Gasteiger partial charge in [-0.1, -0.05) is 19.1 Å². The molecule has 2 aliphatic heterocycles. The molecule has 1 saturated heterocycles. The van der Waals surface area contributed by atoms with Crippen LogP contribution in [0.5, 0.6) is 0 Å². The van der Waals surface area contributed by atoms with Crippen LogP contribution in [0.1, 0.15) is 6.92 Å². The van der Waals surface area contributed by atoms with Crippen LogP contribution in [0.3, 0.4) is 0 Å². The Kier molecular flexibility index (Phi) is 4.33. The maximum Gasteiger partial charge on any atom is 0.205 e. The maximum absolute atomic E-state index is 6.04. The van der Waals surface area contributed by atoms with Gasteiger partial charge in [-0.15, -0.1) is 0 Å². The van der Waals surface area contributed by atoms with E-state index in [-0.39, 0.29) is 0 Å². The minimum Gasteiger partial charge on any atom is -0.440 e. The van der Waals surface area contributed by atoms with Crippen molar-refractivity contribution in [2.75, 3.05) is 37.6 Å². The summed E-state index contributed by atoms with van der Waals surface area (Å²) in [5.41, 5.74) is 2.07. The maximum atomic E-state index is 6.04. The van der Waals surface area contributed by atoms with Crippen LogP contribution in [0.4, 0.5) is 5.82 Å². The summed E-state index contributed by atoms with van der Waals surface area (Å²) in [4.78, 5) is 14.1. The van der Waals surface area contributed by atoms with Crippen LogP contribution in [0.15, 0.2) is 65.5 Å². The first-order chi connectivity index (χ1) is 13.8. The minimum atomic E-state index is 0.742. The molecule has 2 aromatic heterocycles. The van der Waals surface area contributed by atoms with Crippen molar-refractivity contribution in [3.63, 3.8) is 0 Å². The number of anilines is 1. The Labute approximate surface area is 164 Å². The smallest absolute Gasteiger partial charge is 0.205 e. The second-order valence-corrected chi connectivity index (χ2v) is 7.07. The van der Waals surface area contributed by atoms with E-state index in [1.807, 2.05) is 41.2 Å². The molecule has 0 saturated carbocycles. The molecule has 3 aliphatic rings. The van der Waals surface area contributed by atoms with E-state index >= 15 is 0 Å². The third kappa shape index (κ3) is 3.05. The standard InChI is InChI=1S/C22H23N5O/c1-2-25-12-14-26(15-13-25)20-8-6-18(16-24-20)22-23-10-11-27(22)21-9-7-17-4-3-5-19(17)28-21/h3-11,16H,2,12-15H2,1H3. The van der Waals surface area contributed by atoms with Crippen molar-refractivity contribution >= 4 is 5.82 Å². The van der Waals surface area contributed by atoms with Crippen LogP contribution in [-0.4, -0.2) is 52.2 Å². The van der Waals surface area contributed by atoms with E-state index < -0.39 is 0 Å². The summed E-state index contributed by atoms with van der Waals surface area (Å²) < 4.78 is 8.00. The monoisotopic (exact) mass is 373 g/mol. The van der Waals surface area contributed by atoms with E-state index in [4.69, 9.17) is 9.40 Å². The Hall–Kier alpha value is -3.12. The van der Waals surface area contributed by atoms with E-state index in [1.165, 1.54) is 0 Å². The van der Waals surface area contributed by atoms with Crippen molar-refractivity contribution in [1.29, 1.82) is 0 Å². The molecular formula is C22H23N5O. The van der Waals surface area contributed by atoms with E-state index in [1.54, 1.807) is 6.20 Å². The molecule has 1 aliphatic carbocycles. The molecule has 0 spiro atoms. The quantitative estimate of drug-likeness (QED) is 0.545. The van der Waals surface area contributed by atoms with E-state index in [0.29, 0.717) is 0 Å². The normalized spacial score (nSPS) is 15.4. The van der Waals surface area contributed by atoms with E-state index in [2.05, 4.69) is 39.9 Å². The van der Waals surface area contributed by atoms with Gasteiger partial charge in [-0.25, -0.2) is 9.97 Å². The minimum absolute atomic E-state index is 0.742. The highest BCUT2D eigenvalue weighted by atomic mass is 16.4. The number of fused-ring (bicyclic) bond motifs is 1. The van der Waals surface area contributed by atoms with Gasteiger partial charge < -0.3 is 14.2 Å². The third-order valence-electron chi connectivity index (χ3n) is 5.46. The Morgan fingerprint density at radius 1 is 0.929 bits per heavy atom. The van der Waals surface area contributed by atoms with Crippen LogP contribution >= 0.6 is 0 Å². The van der Waals surface area contributed by atoms with Gasteiger partial charge in [0.25, 0.3) is 0 Å². The number of imidazole rings is 1. The summed E-state index contributed by atoms with van der Waals surface area (Å²) in [5, 5.41) is 0. The van der Waals surface area contributed by atoms with Crippen LogP contribution in [0, 0.1) is 0 Å². The Balaban J connectivity index is 1.40. The lowest BCUT2D eigenvalue weighted by atomic mass is 10.2. The van der Waals surface area contributed by atoms with Crippen molar-refractivity contribution in [2.24, 2.45) is 0 Å². The molecular weight excluding hydrogens is 350 g/mol. The molecule has 0 N–H and O–H groups in total. The van der Waals surface area contributed by atoms with Crippen LogP contribution in [-0.2, 0) is 0 Å². The lowest BCUT2D eigenvalue weighted by Gasteiger charge is -2.34. The fraction of sp³-hybridized carbons (Fsp3) is 0.273. The van der Waals surface area contributed by atoms with Crippen LogP contribution in [0.2, 0.25) is 0 Å². The highest BCUT2D eigenvalue weighted by molar-refractivity contribution is 5.63. The van der Waals surface area contributed by atoms with Crippen molar-refractivity contribution in [3.05, 3.63) is 61.1 Å². The van der Waals surface area contributed by atoms with Crippen LogP contribution < -0.4 is 4.90 Å². The van der Waals surface area contributed by atoms with Crippen LogP contribution in [0.25, 0.3) is 28.6 Å². The molecule has 0 bridgehead atoms. The largest absolute Gasteiger partial charge is 0.440 e. The summed E-state index contributed by atoms with van der Waals surface area (Å²) in [6.07, 6.45) is 5.61. The number of hydrogen-bond donors (Lipinski definition) is 0. The zero-order chi connectivity index (χ0) is 18.9. The van der Waals surface area contributed by atoms with Crippen molar-refractivity contribution < 1.29 is 4.42 Å². The molecule has 0 unspecified atom stereocenters. The zero-order valence-corrected chi connectivity index (χ0v) is 16.0. The first-order valence-electron chi connectivity index (χ1n) is 9.78. The fourth-order valence-corrected chi connectivity index (χ4v) is 3.78. The highest BCUT2D eigenvalue weighted by Crippen LogP contribution is 2.28. The van der Waals surface area contributed by atoms with Gasteiger partial charge >= 0.3 is 0 Å². The fourth-order valence-electron chi connectivity index (χ4n) is 3.78. The molecule has 28 heavy (non-hydrogen) atoms. The summed E-state index contributed by atoms with van der Waals surface area (Å²) in [5.74, 6) is 3.47. The van der Waals surface area contributed by atoms with E-state index in [0.717, 1.165) is 67.1 Å². The summed E-state index contributed by atoms with van der Waals surface area (Å²) in [6.45, 7) is 7.56. The molecule has 1 fully saturated rings. The molecule has 0 atom stereocenters. The number of aromatic nitrogens is 3. The van der Waals surface area contributed by atoms with Crippen molar-refractivity contribution in [3.8, 4) is 28.6 Å². The average Bonchev–Trinajstić information content (AvgIpc) is 3.43. The molecule has 0 radical (unpaired) electrons. The van der Waals surface area contributed by atoms with Gasteiger partial charge in [0.15, 0.2) is 0 Å². The number of piperazine rings is 1. The Bertz CT molecular complexity index is 1030. The Morgan fingerprint density at radius 3 is 2.57 bits per heavy atom. The lowest BCUT2D eigenvalue weighted by molar-refractivity contribution is 0.270. The van der Waals surface area contributed by atoms with Crippen molar-refractivity contribution in [1.82, 2.24) is 19.4 Å².